The zero-order valence-electron chi connectivity index (χ0n) is 8.29. The lowest BCUT2D eigenvalue weighted by atomic mass is 10.2. The van der Waals surface area contributed by atoms with Crippen molar-refractivity contribution in [1.82, 2.24) is 4.57 Å². The SMILES string of the molecule is Cn1c2cc[c]cc2c2cc(Cl)ccc21. The molecule has 0 bridgehead atoms. The second kappa shape index (κ2) is 3.01. The van der Waals surface area contributed by atoms with Crippen molar-refractivity contribution in [3.63, 3.8) is 0 Å². The Morgan fingerprint density at radius 1 is 1.13 bits per heavy atom. The Hall–Kier alpha value is -1.47. The summed E-state index contributed by atoms with van der Waals surface area (Å²) in [6.07, 6.45) is 0. The van der Waals surface area contributed by atoms with E-state index in [0.717, 1.165) is 5.02 Å². The van der Waals surface area contributed by atoms with Gasteiger partial charge in [0.1, 0.15) is 0 Å². The van der Waals surface area contributed by atoms with Gasteiger partial charge >= 0.3 is 0 Å². The predicted octanol–water partition coefficient (Wildman–Crippen LogP) is 3.79. The molecule has 1 radical (unpaired) electrons. The van der Waals surface area contributed by atoms with Gasteiger partial charge in [-0.2, -0.15) is 0 Å². The highest BCUT2D eigenvalue weighted by molar-refractivity contribution is 6.31. The van der Waals surface area contributed by atoms with Crippen LogP contribution in [0.1, 0.15) is 0 Å². The van der Waals surface area contributed by atoms with Gasteiger partial charge in [-0.25, -0.2) is 0 Å². The molecule has 1 nitrogen and oxygen atoms in total. The average molecular weight is 215 g/mol. The number of aromatic nitrogens is 1. The van der Waals surface area contributed by atoms with Crippen LogP contribution in [-0.4, -0.2) is 4.57 Å². The van der Waals surface area contributed by atoms with Gasteiger partial charge in [0.25, 0.3) is 0 Å². The van der Waals surface area contributed by atoms with Crippen molar-refractivity contribution in [2.75, 3.05) is 0 Å². The summed E-state index contributed by atoms with van der Waals surface area (Å²) in [5.41, 5.74) is 2.42. The highest BCUT2D eigenvalue weighted by Gasteiger charge is 2.06. The lowest BCUT2D eigenvalue weighted by Gasteiger charge is -1.96. The number of nitrogens with zero attached hydrogens (tertiary/aromatic N) is 1. The molecule has 0 saturated carbocycles. The number of fused-ring (bicyclic) bond motifs is 3. The van der Waals surface area contributed by atoms with Gasteiger partial charge in [0.2, 0.25) is 0 Å². The third-order valence-corrected chi connectivity index (χ3v) is 3.05. The van der Waals surface area contributed by atoms with Gasteiger partial charge in [-0.15, -0.1) is 0 Å². The van der Waals surface area contributed by atoms with E-state index in [9.17, 15) is 0 Å². The zero-order valence-corrected chi connectivity index (χ0v) is 9.05. The molecule has 73 valence electrons. The second-order valence-electron chi connectivity index (χ2n) is 3.66. The van der Waals surface area contributed by atoms with E-state index in [1.807, 2.05) is 24.3 Å². The average Bonchev–Trinajstić information content (AvgIpc) is 2.54. The molecule has 3 aromatic rings. The van der Waals surface area contributed by atoms with Crippen molar-refractivity contribution in [3.05, 3.63) is 47.5 Å². The van der Waals surface area contributed by atoms with Gasteiger partial charge in [-0.05, 0) is 36.4 Å². The zero-order chi connectivity index (χ0) is 10.4. The van der Waals surface area contributed by atoms with Crippen molar-refractivity contribution in [2.45, 2.75) is 0 Å². The van der Waals surface area contributed by atoms with Crippen LogP contribution < -0.4 is 0 Å². The fraction of sp³-hybridized carbons (Fsp3) is 0.0769. The molecule has 3 rings (SSSR count). The molecule has 15 heavy (non-hydrogen) atoms. The molecule has 0 aliphatic carbocycles. The van der Waals surface area contributed by atoms with Crippen molar-refractivity contribution >= 4 is 33.4 Å². The van der Waals surface area contributed by atoms with Crippen molar-refractivity contribution < 1.29 is 0 Å². The van der Waals surface area contributed by atoms with Crippen LogP contribution in [0.4, 0.5) is 0 Å². The first-order valence-electron chi connectivity index (χ1n) is 4.81. The maximum Gasteiger partial charge on any atom is 0.0489 e. The predicted molar refractivity (Wildman–Crippen MR) is 64.3 cm³/mol. The topological polar surface area (TPSA) is 4.93 Å². The number of hydrogen-bond donors (Lipinski definition) is 0. The quantitative estimate of drug-likeness (QED) is 0.537. The standard InChI is InChI=1S/C13H9ClN/c1-15-12-5-3-2-4-10(12)11-8-9(14)6-7-13(11)15/h3-8H,1H3. The Bertz CT molecular complexity index is 652. The molecule has 0 unspecified atom stereocenters. The molecule has 0 fully saturated rings. The lowest BCUT2D eigenvalue weighted by Crippen LogP contribution is -1.85. The van der Waals surface area contributed by atoms with Gasteiger partial charge in [0.05, 0.1) is 0 Å². The van der Waals surface area contributed by atoms with Gasteiger partial charge in [-0.3, -0.25) is 0 Å². The van der Waals surface area contributed by atoms with Crippen molar-refractivity contribution in [1.29, 1.82) is 0 Å². The third-order valence-electron chi connectivity index (χ3n) is 2.81. The fourth-order valence-corrected chi connectivity index (χ4v) is 2.25. The van der Waals surface area contributed by atoms with Crippen LogP contribution in [0.3, 0.4) is 0 Å². The second-order valence-corrected chi connectivity index (χ2v) is 4.10. The van der Waals surface area contributed by atoms with Crippen LogP contribution in [0.15, 0.2) is 36.4 Å². The molecule has 1 heterocycles. The summed E-state index contributed by atoms with van der Waals surface area (Å²) in [6.45, 7) is 0. The highest BCUT2D eigenvalue weighted by atomic mass is 35.5. The lowest BCUT2D eigenvalue weighted by molar-refractivity contribution is 1.01. The van der Waals surface area contributed by atoms with E-state index in [1.165, 1.54) is 21.8 Å². The fourth-order valence-electron chi connectivity index (χ4n) is 2.08. The number of halogens is 1. The van der Waals surface area contributed by atoms with E-state index < -0.39 is 0 Å². The molecule has 0 amide bonds. The molecule has 0 aliphatic heterocycles. The van der Waals surface area contributed by atoms with Crippen LogP contribution in [0.2, 0.25) is 5.02 Å². The largest absolute Gasteiger partial charge is 0.344 e. The molecule has 0 spiro atoms. The molecule has 2 heteroatoms. The monoisotopic (exact) mass is 214 g/mol. The number of rotatable bonds is 0. The summed E-state index contributed by atoms with van der Waals surface area (Å²) in [7, 11) is 2.07. The Morgan fingerprint density at radius 2 is 1.93 bits per heavy atom. The van der Waals surface area contributed by atoms with E-state index in [4.69, 9.17) is 11.6 Å². The van der Waals surface area contributed by atoms with Gasteiger partial charge in [0.15, 0.2) is 0 Å². The summed E-state index contributed by atoms with van der Waals surface area (Å²) in [6, 6.07) is 15.1. The van der Waals surface area contributed by atoms with E-state index in [0.29, 0.717) is 0 Å². The molecular weight excluding hydrogens is 206 g/mol. The number of aryl methyl sites for hydroxylation is 1. The Kier molecular flexibility index (Phi) is 1.77. The van der Waals surface area contributed by atoms with Gasteiger partial charge in [-0.1, -0.05) is 17.7 Å². The highest BCUT2D eigenvalue weighted by Crippen LogP contribution is 2.29. The van der Waals surface area contributed by atoms with E-state index >= 15 is 0 Å². The molecule has 0 N–H and O–H groups in total. The summed E-state index contributed by atoms with van der Waals surface area (Å²) in [5.74, 6) is 0. The van der Waals surface area contributed by atoms with Crippen LogP contribution >= 0.6 is 11.6 Å². The van der Waals surface area contributed by atoms with E-state index in [1.54, 1.807) is 0 Å². The Balaban J connectivity index is 2.64. The number of hydrogen-bond acceptors (Lipinski definition) is 0. The molecule has 0 atom stereocenters. The van der Waals surface area contributed by atoms with E-state index in [2.05, 4.69) is 29.8 Å². The van der Waals surface area contributed by atoms with Crippen LogP contribution in [0, 0.1) is 6.07 Å². The van der Waals surface area contributed by atoms with Crippen LogP contribution in [-0.2, 0) is 7.05 Å². The van der Waals surface area contributed by atoms with Gasteiger partial charge in [0, 0.05) is 33.9 Å². The maximum atomic E-state index is 6.01. The summed E-state index contributed by atoms with van der Waals surface area (Å²) in [5, 5.41) is 3.17. The first kappa shape index (κ1) is 8.81. The van der Waals surface area contributed by atoms with Crippen molar-refractivity contribution in [2.24, 2.45) is 7.05 Å². The minimum Gasteiger partial charge on any atom is -0.344 e. The number of benzene rings is 2. The molecule has 1 aromatic heterocycles. The molecule has 2 aromatic carbocycles. The molecule has 0 aliphatic rings. The minimum atomic E-state index is 0.777. The molecular formula is C13H9ClN. The van der Waals surface area contributed by atoms with Gasteiger partial charge < -0.3 is 4.57 Å². The first-order valence-corrected chi connectivity index (χ1v) is 5.19. The summed E-state index contributed by atoms with van der Waals surface area (Å²) in [4.78, 5) is 0. The van der Waals surface area contributed by atoms with Crippen molar-refractivity contribution in [3.8, 4) is 0 Å². The first-order chi connectivity index (χ1) is 7.27. The van der Waals surface area contributed by atoms with Crippen LogP contribution in [0.25, 0.3) is 21.8 Å². The normalized spacial score (nSPS) is 11.3. The minimum absolute atomic E-state index is 0.777. The third kappa shape index (κ3) is 1.17. The smallest absolute Gasteiger partial charge is 0.0489 e. The molecule has 0 saturated heterocycles. The van der Waals surface area contributed by atoms with Crippen LogP contribution in [0.5, 0.6) is 0 Å². The maximum absolute atomic E-state index is 6.01. The van der Waals surface area contributed by atoms with E-state index in [-0.39, 0.29) is 0 Å². The Labute approximate surface area is 92.9 Å². The summed E-state index contributed by atoms with van der Waals surface area (Å²) >= 11 is 6.01. The summed E-state index contributed by atoms with van der Waals surface area (Å²) < 4.78 is 2.18. The Morgan fingerprint density at radius 3 is 2.80 bits per heavy atom.